The van der Waals surface area contributed by atoms with E-state index >= 15 is 0 Å². The highest BCUT2D eigenvalue weighted by atomic mass is 127. The fraction of sp³-hybridized carbons (Fsp3) is 0.273. The number of H-pyrrole nitrogens is 1. The Morgan fingerprint density at radius 3 is 3.00 bits per heavy atom. The van der Waals surface area contributed by atoms with Crippen molar-refractivity contribution in [2.24, 2.45) is 5.92 Å². The molecule has 0 radical (unpaired) electrons. The number of carbonyl (C=O) groups is 2. The fourth-order valence-electron chi connectivity index (χ4n) is 2.19. The van der Waals surface area contributed by atoms with Gasteiger partial charge < -0.3 is 10.1 Å². The molecule has 3 rings (SSSR count). The van der Waals surface area contributed by atoms with Gasteiger partial charge in [-0.05, 0) is 22.6 Å². The van der Waals surface area contributed by atoms with Gasteiger partial charge in [0.15, 0.2) is 0 Å². The normalized spacial score (nSPS) is 19.3. The van der Waals surface area contributed by atoms with Crippen LogP contribution >= 0.6 is 22.6 Å². The van der Waals surface area contributed by atoms with Gasteiger partial charge in [-0.25, -0.2) is 9.97 Å². The molecule has 98 valence electrons. The molecule has 3 heterocycles. The zero-order valence-electron chi connectivity index (χ0n) is 9.63. The van der Waals surface area contributed by atoms with Crippen LogP contribution in [-0.4, -0.2) is 38.5 Å². The first-order valence-corrected chi connectivity index (χ1v) is 6.66. The Morgan fingerprint density at radius 2 is 2.32 bits per heavy atom. The number of fused-ring (bicyclic) bond motifs is 1. The smallest absolute Gasteiger partial charge is 0.308 e. The lowest BCUT2D eigenvalue weighted by molar-refractivity contribution is -0.141. The van der Waals surface area contributed by atoms with E-state index in [0.717, 1.165) is 8.96 Å². The van der Waals surface area contributed by atoms with E-state index in [2.05, 4.69) is 37.5 Å². The van der Waals surface area contributed by atoms with Crippen LogP contribution in [0.15, 0.2) is 12.5 Å². The summed E-state index contributed by atoms with van der Waals surface area (Å²) in [5, 5.41) is 9.76. The van der Waals surface area contributed by atoms with Gasteiger partial charge >= 0.3 is 5.97 Å². The van der Waals surface area contributed by atoms with Crippen molar-refractivity contribution in [3.8, 4) is 0 Å². The number of hydrogen-bond donors (Lipinski definition) is 2. The van der Waals surface area contributed by atoms with Crippen molar-refractivity contribution >= 4 is 51.3 Å². The lowest BCUT2D eigenvalue weighted by atomic mass is 10.1. The summed E-state index contributed by atoms with van der Waals surface area (Å²) in [6.07, 6.45) is 3.16. The average molecular weight is 372 g/mol. The quantitative estimate of drug-likeness (QED) is 0.767. The maximum atomic E-state index is 12.0. The number of hydrogen-bond acceptors (Lipinski definition) is 4. The van der Waals surface area contributed by atoms with E-state index in [4.69, 9.17) is 5.11 Å². The first kappa shape index (κ1) is 12.3. The Labute approximate surface area is 121 Å². The maximum absolute atomic E-state index is 12.0. The minimum absolute atomic E-state index is 0.0157. The number of nitrogens with one attached hydrogen (secondary N) is 1. The van der Waals surface area contributed by atoms with Crippen LogP contribution in [0.2, 0.25) is 0 Å². The zero-order valence-corrected chi connectivity index (χ0v) is 11.8. The van der Waals surface area contributed by atoms with Gasteiger partial charge in [0.1, 0.15) is 17.8 Å². The second-order valence-corrected chi connectivity index (χ2v) is 5.46. The van der Waals surface area contributed by atoms with E-state index in [1.54, 1.807) is 6.20 Å². The number of rotatable bonds is 2. The van der Waals surface area contributed by atoms with Gasteiger partial charge in [-0.3, -0.25) is 14.5 Å². The van der Waals surface area contributed by atoms with Crippen molar-refractivity contribution < 1.29 is 14.7 Å². The molecule has 1 aliphatic rings. The van der Waals surface area contributed by atoms with Crippen molar-refractivity contribution in [2.45, 2.75) is 6.42 Å². The molecule has 2 N–H and O–H groups in total. The summed E-state index contributed by atoms with van der Waals surface area (Å²) in [4.78, 5) is 35.6. The number of carbonyl (C=O) groups excluding carboxylic acids is 1. The topological polar surface area (TPSA) is 99.2 Å². The third-order valence-electron chi connectivity index (χ3n) is 3.13. The summed E-state index contributed by atoms with van der Waals surface area (Å²) in [6, 6.07) is 0. The molecule has 1 aliphatic heterocycles. The second-order valence-electron chi connectivity index (χ2n) is 4.30. The molecule has 1 saturated heterocycles. The predicted octanol–water partition coefficient (Wildman–Crippen LogP) is 1.000. The van der Waals surface area contributed by atoms with Gasteiger partial charge in [0.2, 0.25) is 5.91 Å². The zero-order chi connectivity index (χ0) is 13.6. The number of amides is 1. The van der Waals surface area contributed by atoms with Gasteiger partial charge in [-0.1, -0.05) is 0 Å². The molecule has 1 unspecified atom stereocenters. The Morgan fingerprint density at radius 1 is 1.53 bits per heavy atom. The van der Waals surface area contributed by atoms with Gasteiger partial charge in [0, 0.05) is 22.7 Å². The third kappa shape index (κ3) is 1.95. The number of aromatic nitrogens is 3. The summed E-state index contributed by atoms with van der Waals surface area (Å²) in [5.74, 6) is -1.37. The molecule has 0 aromatic carbocycles. The van der Waals surface area contributed by atoms with E-state index in [1.165, 1.54) is 11.2 Å². The minimum atomic E-state index is -0.954. The largest absolute Gasteiger partial charge is 0.481 e. The number of carboxylic acids is 1. The standard InChI is InChI=1S/C11H9IN4O3/c12-6-2-13-9-8(6)10(15-4-14-9)16-3-5(11(18)19)1-7(16)17/h2,4-5H,1,3H2,(H,18,19)(H,13,14,15). The van der Waals surface area contributed by atoms with E-state index in [0.29, 0.717) is 11.5 Å². The number of anilines is 1. The molecule has 0 saturated carbocycles. The van der Waals surface area contributed by atoms with Gasteiger partial charge in [-0.15, -0.1) is 0 Å². The number of nitrogens with zero attached hydrogens (tertiary/aromatic N) is 3. The lowest BCUT2D eigenvalue weighted by Crippen LogP contribution is -2.27. The lowest BCUT2D eigenvalue weighted by Gasteiger charge is -2.15. The summed E-state index contributed by atoms with van der Waals surface area (Å²) < 4.78 is 0.898. The first-order chi connectivity index (χ1) is 9.08. The molecule has 1 atom stereocenters. The van der Waals surface area contributed by atoms with Crippen molar-refractivity contribution in [1.82, 2.24) is 15.0 Å². The fourth-order valence-corrected chi connectivity index (χ4v) is 2.84. The minimum Gasteiger partial charge on any atom is -0.481 e. The van der Waals surface area contributed by atoms with Crippen LogP contribution in [0.5, 0.6) is 0 Å². The Balaban J connectivity index is 2.08. The van der Waals surface area contributed by atoms with E-state index in [1.807, 2.05) is 0 Å². The number of aromatic amines is 1. The van der Waals surface area contributed by atoms with Crippen LogP contribution in [0.4, 0.5) is 5.82 Å². The summed E-state index contributed by atoms with van der Waals surface area (Å²) in [5.41, 5.74) is 0.640. The highest BCUT2D eigenvalue weighted by Crippen LogP contribution is 2.31. The number of halogens is 1. The monoisotopic (exact) mass is 372 g/mol. The molecule has 2 aromatic rings. The van der Waals surface area contributed by atoms with Crippen LogP contribution in [0.3, 0.4) is 0 Å². The molecule has 8 heteroatoms. The highest BCUT2D eigenvalue weighted by molar-refractivity contribution is 14.1. The Kier molecular flexibility index (Phi) is 2.88. The van der Waals surface area contributed by atoms with Crippen LogP contribution in [0.1, 0.15) is 6.42 Å². The molecule has 7 nitrogen and oxygen atoms in total. The van der Waals surface area contributed by atoms with Crippen LogP contribution in [-0.2, 0) is 9.59 Å². The van der Waals surface area contributed by atoms with E-state index < -0.39 is 11.9 Å². The Bertz CT molecular complexity index is 684. The third-order valence-corrected chi connectivity index (χ3v) is 3.98. The molecular weight excluding hydrogens is 363 g/mol. The van der Waals surface area contributed by atoms with E-state index in [-0.39, 0.29) is 18.9 Å². The van der Waals surface area contributed by atoms with Crippen molar-refractivity contribution in [1.29, 1.82) is 0 Å². The summed E-state index contributed by atoms with van der Waals surface area (Å²) in [6.45, 7) is 0.154. The number of aliphatic carboxylic acids is 1. The molecule has 19 heavy (non-hydrogen) atoms. The van der Waals surface area contributed by atoms with Crippen molar-refractivity contribution in [3.63, 3.8) is 0 Å². The molecule has 0 spiro atoms. The van der Waals surface area contributed by atoms with Gasteiger partial charge in [-0.2, -0.15) is 0 Å². The second kappa shape index (κ2) is 4.44. The SMILES string of the molecule is O=C(O)C1CC(=O)N(c2ncnc3[nH]cc(I)c23)C1. The van der Waals surface area contributed by atoms with Gasteiger partial charge in [0.05, 0.1) is 11.3 Å². The average Bonchev–Trinajstić information content (AvgIpc) is 2.94. The predicted molar refractivity (Wildman–Crippen MR) is 74.7 cm³/mol. The number of carboxylic acid groups (broad SMARTS) is 1. The molecular formula is C11H9IN4O3. The molecule has 1 fully saturated rings. The van der Waals surface area contributed by atoms with Crippen LogP contribution in [0.25, 0.3) is 11.0 Å². The van der Waals surface area contributed by atoms with Crippen LogP contribution in [0, 0.1) is 9.49 Å². The molecule has 2 aromatic heterocycles. The molecule has 0 bridgehead atoms. The van der Waals surface area contributed by atoms with Crippen LogP contribution < -0.4 is 4.90 Å². The highest BCUT2D eigenvalue weighted by Gasteiger charge is 2.36. The summed E-state index contributed by atoms with van der Waals surface area (Å²) >= 11 is 2.13. The van der Waals surface area contributed by atoms with E-state index in [9.17, 15) is 9.59 Å². The summed E-state index contributed by atoms with van der Waals surface area (Å²) in [7, 11) is 0. The Hall–Kier alpha value is -1.71. The van der Waals surface area contributed by atoms with Crippen molar-refractivity contribution in [2.75, 3.05) is 11.4 Å². The van der Waals surface area contributed by atoms with Crippen molar-refractivity contribution in [3.05, 3.63) is 16.1 Å². The maximum Gasteiger partial charge on any atom is 0.308 e. The first-order valence-electron chi connectivity index (χ1n) is 5.58. The van der Waals surface area contributed by atoms with Gasteiger partial charge in [0.25, 0.3) is 0 Å². The molecule has 0 aliphatic carbocycles. The molecule has 1 amide bonds.